The fourth-order valence-corrected chi connectivity index (χ4v) is 3.56. The first-order valence-electron chi connectivity index (χ1n) is 4.01. The summed E-state index contributed by atoms with van der Waals surface area (Å²) in [4.78, 5) is 2.33. The molecule has 68 valence electrons. The molecule has 1 aromatic heterocycles. The first-order valence-corrected chi connectivity index (χ1v) is 6.63. The van der Waals surface area contributed by atoms with Crippen molar-refractivity contribution in [1.82, 2.24) is 0 Å². The monoisotopic (exact) mass is 219 g/mol. The lowest BCUT2D eigenvalue weighted by molar-refractivity contribution is 0.705. The van der Waals surface area contributed by atoms with Crippen LogP contribution >= 0.6 is 32.9 Å². The average molecular weight is 219 g/mol. The van der Waals surface area contributed by atoms with Gasteiger partial charge in [0, 0.05) is 18.0 Å². The van der Waals surface area contributed by atoms with E-state index in [1.165, 1.54) is 5.69 Å². The number of rotatable bonds is 3. The van der Waals surface area contributed by atoms with Crippen molar-refractivity contribution in [2.45, 2.75) is 26.8 Å². The van der Waals surface area contributed by atoms with Crippen molar-refractivity contribution in [3.63, 3.8) is 0 Å². The molecule has 0 saturated carbocycles. The van der Waals surface area contributed by atoms with Crippen molar-refractivity contribution in [1.29, 1.82) is 0 Å². The Kier molecular flexibility index (Phi) is 3.68. The molecule has 0 aliphatic rings. The Labute approximate surface area is 86.0 Å². The van der Waals surface area contributed by atoms with Gasteiger partial charge < -0.3 is 4.90 Å². The summed E-state index contributed by atoms with van der Waals surface area (Å²) in [5.41, 5.74) is 1.23. The van der Waals surface area contributed by atoms with Gasteiger partial charge in [-0.2, -0.15) is 0 Å². The van der Waals surface area contributed by atoms with Crippen LogP contribution in [0.15, 0.2) is 5.38 Å². The Morgan fingerprint density at radius 3 is 2.58 bits per heavy atom. The molecule has 0 aliphatic heterocycles. The van der Waals surface area contributed by atoms with Gasteiger partial charge in [-0.3, -0.25) is 0 Å². The number of hydrogen-bond acceptors (Lipinski definition) is 4. The van der Waals surface area contributed by atoms with Crippen LogP contribution in [-0.4, -0.2) is 12.6 Å². The molecule has 0 amide bonds. The summed E-state index contributed by atoms with van der Waals surface area (Å²) in [5, 5.41) is 2.15. The third-order valence-corrected chi connectivity index (χ3v) is 4.40. The molecule has 0 aromatic carbocycles. The van der Waals surface area contributed by atoms with Gasteiger partial charge in [0.05, 0.1) is 5.69 Å². The molecule has 4 heteroatoms. The average Bonchev–Trinajstić information content (AvgIpc) is 2.38. The Bertz CT molecular complexity index is 286. The van der Waals surface area contributed by atoms with E-state index < -0.39 is 0 Å². The zero-order chi connectivity index (χ0) is 9.14. The smallest absolute Gasteiger partial charge is 0.125 e. The fraction of sp³-hybridized carbons (Fsp3) is 0.625. The van der Waals surface area contributed by atoms with Crippen LogP contribution < -0.4 is 4.90 Å². The molecule has 0 N–H and O–H groups in total. The molecule has 1 rings (SSSR count). The molecule has 12 heavy (non-hydrogen) atoms. The minimum Gasteiger partial charge on any atom is -0.367 e. The minimum atomic E-state index is 0.540. The highest BCUT2D eigenvalue weighted by Crippen LogP contribution is 2.26. The van der Waals surface area contributed by atoms with Crippen LogP contribution in [0.4, 0.5) is 5.69 Å². The SMILES string of the molecule is CCN(c1cssc1=S)C(C)C. The van der Waals surface area contributed by atoms with Gasteiger partial charge in [-0.1, -0.05) is 32.9 Å². The molecule has 0 unspecified atom stereocenters. The fourth-order valence-electron chi connectivity index (χ4n) is 1.20. The predicted molar refractivity (Wildman–Crippen MR) is 61.2 cm³/mol. The van der Waals surface area contributed by atoms with Crippen LogP contribution in [0.25, 0.3) is 0 Å². The van der Waals surface area contributed by atoms with E-state index in [2.05, 4.69) is 31.1 Å². The largest absolute Gasteiger partial charge is 0.367 e. The Morgan fingerprint density at radius 1 is 1.58 bits per heavy atom. The summed E-state index contributed by atoms with van der Waals surface area (Å²) >= 11 is 5.23. The second-order valence-electron chi connectivity index (χ2n) is 2.85. The summed E-state index contributed by atoms with van der Waals surface area (Å²) in [6, 6.07) is 0.540. The normalized spacial score (nSPS) is 10.7. The van der Waals surface area contributed by atoms with Crippen molar-refractivity contribution in [3.05, 3.63) is 9.20 Å². The molecule has 1 heterocycles. The maximum absolute atomic E-state index is 5.23. The Balaban J connectivity index is 2.95. The van der Waals surface area contributed by atoms with E-state index in [-0.39, 0.29) is 0 Å². The Hall–Kier alpha value is 0.0700. The maximum Gasteiger partial charge on any atom is 0.125 e. The van der Waals surface area contributed by atoms with Crippen LogP contribution in [0.3, 0.4) is 0 Å². The molecule has 0 saturated heterocycles. The molecule has 1 nitrogen and oxygen atoms in total. The first-order chi connectivity index (χ1) is 5.66. The van der Waals surface area contributed by atoms with E-state index in [0.29, 0.717) is 6.04 Å². The molecule has 0 bridgehead atoms. The van der Waals surface area contributed by atoms with Gasteiger partial charge in [0.2, 0.25) is 0 Å². The maximum atomic E-state index is 5.23. The van der Waals surface area contributed by atoms with Gasteiger partial charge in [-0.15, -0.1) is 0 Å². The molecular formula is C8H13NS3. The summed E-state index contributed by atoms with van der Waals surface area (Å²) in [5.74, 6) is 0. The quantitative estimate of drug-likeness (QED) is 0.562. The minimum absolute atomic E-state index is 0.540. The lowest BCUT2D eigenvalue weighted by Crippen LogP contribution is -2.29. The second-order valence-corrected chi connectivity index (χ2v) is 5.60. The topological polar surface area (TPSA) is 3.24 Å². The van der Waals surface area contributed by atoms with Crippen LogP contribution in [0.2, 0.25) is 0 Å². The van der Waals surface area contributed by atoms with Gasteiger partial charge in [-0.25, -0.2) is 0 Å². The summed E-state index contributed by atoms with van der Waals surface area (Å²) < 4.78 is 1.02. The molecular weight excluding hydrogens is 206 g/mol. The van der Waals surface area contributed by atoms with Gasteiger partial charge in [0.1, 0.15) is 3.82 Å². The van der Waals surface area contributed by atoms with E-state index in [1.54, 1.807) is 20.7 Å². The molecule has 1 aromatic rings. The van der Waals surface area contributed by atoms with Gasteiger partial charge >= 0.3 is 0 Å². The summed E-state index contributed by atoms with van der Waals surface area (Å²) in [6.45, 7) is 7.59. The zero-order valence-electron chi connectivity index (χ0n) is 7.53. The van der Waals surface area contributed by atoms with Gasteiger partial charge in [0.25, 0.3) is 0 Å². The van der Waals surface area contributed by atoms with Gasteiger partial charge in [0.15, 0.2) is 0 Å². The summed E-state index contributed by atoms with van der Waals surface area (Å²) in [6.07, 6.45) is 0. The van der Waals surface area contributed by atoms with Crippen molar-refractivity contribution < 1.29 is 0 Å². The first kappa shape index (κ1) is 10.2. The molecule has 0 fully saturated rings. The third-order valence-electron chi connectivity index (χ3n) is 1.77. The number of nitrogens with zero attached hydrogens (tertiary/aromatic N) is 1. The molecule has 0 radical (unpaired) electrons. The van der Waals surface area contributed by atoms with Crippen LogP contribution in [0.5, 0.6) is 0 Å². The van der Waals surface area contributed by atoms with E-state index in [0.717, 1.165) is 10.4 Å². The number of hydrogen-bond donors (Lipinski definition) is 0. The number of anilines is 1. The third kappa shape index (κ3) is 2.06. The van der Waals surface area contributed by atoms with E-state index >= 15 is 0 Å². The lowest BCUT2D eigenvalue weighted by Gasteiger charge is -2.25. The van der Waals surface area contributed by atoms with Crippen LogP contribution in [0.1, 0.15) is 20.8 Å². The van der Waals surface area contributed by atoms with Crippen LogP contribution in [0, 0.1) is 3.82 Å². The van der Waals surface area contributed by atoms with Gasteiger partial charge in [-0.05, 0) is 20.8 Å². The standard InChI is InChI=1S/C8H13NS3/c1-4-9(6(2)3)7-5-11-12-8(7)10/h5-6H,4H2,1-3H3. The highest BCUT2D eigenvalue weighted by atomic mass is 32.9. The van der Waals surface area contributed by atoms with E-state index in [4.69, 9.17) is 12.2 Å². The van der Waals surface area contributed by atoms with E-state index in [1.807, 2.05) is 0 Å². The lowest BCUT2D eigenvalue weighted by atomic mass is 10.3. The highest BCUT2D eigenvalue weighted by Gasteiger charge is 2.10. The predicted octanol–water partition coefficient (Wildman–Crippen LogP) is 3.77. The second kappa shape index (κ2) is 4.35. The summed E-state index contributed by atoms with van der Waals surface area (Å²) in [7, 11) is 3.40. The highest BCUT2D eigenvalue weighted by molar-refractivity contribution is 7.79. The van der Waals surface area contributed by atoms with Crippen molar-refractivity contribution >= 4 is 38.6 Å². The van der Waals surface area contributed by atoms with Crippen molar-refractivity contribution in [3.8, 4) is 0 Å². The Morgan fingerprint density at radius 2 is 2.25 bits per heavy atom. The van der Waals surface area contributed by atoms with Crippen molar-refractivity contribution in [2.24, 2.45) is 0 Å². The molecule has 0 atom stereocenters. The van der Waals surface area contributed by atoms with Crippen LogP contribution in [-0.2, 0) is 0 Å². The molecule has 0 spiro atoms. The zero-order valence-corrected chi connectivity index (χ0v) is 9.98. The molecule has 0 aliphatic carbocycles. The van der Waals surface area contributed by atoms with Crippen molar-refractivity contribution in [2.75, 3.05) is 11.4 Å². The van der Waals surface area contributed by atoms with E-state index in [9.17, 15) is 0 Å².